The third-order valence-electron chi connectivity index (χ3n) is 3.41. The molecule has 3 rings (SSSR count). The molecule has 0 saturated heterocycles. The summed E-state index contributed by atoms with van der Waals surface area (Å²) in [5, 5.41) is 8.26. The molecule has 2 aromatic rings. The van der Waals surface area contributed by atoms with Crippen molar-refractivity contribution in [1.82, 2.24) is 10.2 Å². The Kier molecular flexibility index (Phi) is 3.33. The second-order valence-corrected chi connectivity index (χ2v) is 5.08. The first-order chi connectivity index (χ1) is 8.86. The SMILES string of the molecule is ClCCCc1nnc(C2Cc3ccccc3C2)o1. The van der Waals surface area contributed by atoms with E-state index in [4.69, 9.17) is 16.0 Å². The standard InChI is InChI=1S/C14H15ClN2O/c15-7-3-6-13-16-17-14(18-13)12-8-10-4-1-2-5-11(10)9-12/h1-2,4-5,12H,3,6-9H2. The molecular formula is C14H15ClN2O. The number of rotatable bonds is 4. The van der Waals surface area contributed by atoms with Crippen molar-refractivity contribution < 1.29 is 4.42 Å². The van der Waals surface area contributed by atoms with Crippen molar-refractivity contribution >= 4 is 11.6 Å². The predicted octanol–water partition coefficient (Wildman–Crippen LogP) is 3.12. The van der Waals surface area contributed by atoms with E-state index in [1.54, 1.807) is 0 Å². The molecule has 0 unspecified atom stereocenters. The summed E-state index contributed by atoms with van der Waals surface area (Å²) in [7, 11) is 0. The number of alkyl halides is 1. The van der Waals surface area contributed by atoms with E-state index in [0.717, 1.165) is 31.6 Å². The molecule has 94 valence electrons. The molecule has 1 aliphatic rings. The van der Waals surface area contributed by atoms with Gasteiger partial charge >= 0.3 is 0 Å². The molecule has 0 bridgehead atoms. The molecule has 1 aromatic carbocycles. The Balaban J connectivity index is 1.72. The number of aromatic nitrogens is 2. The van der Waals surface area contributed by atoms with Gasteiger partial charge in [0.15, 0.2) is 0 Å². The molecule has 0 fully saturated rings. The van der Waals surface area contributed by atoms with Crippen molar-refractivity contribution in [1.29, 1.82) is 0 Å². The van der Waals surface area contributed by atoms with Crippen molar-refractivity contribution in [3.8, 4) is 0 Å². The minimum absolute atomic E-state index is 0.347. The number of fused-ring (bicyclic) bond motifs is 1. The molecule has 0 N–H and O–H groups in total. The Morgan fingerprint density at radius 1 is 1.17 bits per heavy atom. The topological polar surface area (TPSA) is 38.9 Å². The van der Waals surface area contributed by atoms with Crippen LogP contribution in [-0.4, -0.2) is 16.1 Å². The van der Waals surface area contributed by atoms with E-state index in [1.807, 2.05) is 0 Å². The molecule has 1 heterocycles. The van der Waals surface area contributed by atoms with E-state index in [9.17, 15) is 0 Å². The maximum Gasteiger partial charge on any atom is 0.220 e. The number of aryl methyl sites for hydroxylation is 1. The smallest absolute Gasteiger partial charge is 0.220 e. The van der Waals surface area contributed by atoms with E-state index < -0.39 is 0 Å². The van der Waals surface area contributed by atoms with Gasteiger partial charge in [-0.2, -0.15) is 0 Å². The van der Waals surface area contributed by atoms with Crippen LogP contribution in [-0.2, 0) is 19.3 Å². The van der Waals surface area contributed by atoms with Gasteiger partial charge < -0.3 is 4.42 Å². The van der Waals surface area contributed by atoms with Crippen molar-refractivity contribution in [2.75, 3.05) is 5.88 Å². The van der Waals surface area contributed by atoms with Crippen molar-refractivity contribution in [3.63, 3.8) is 0 Å². The summed E-state index contributed by atoms with van der Waals surface area (Å²) in [5.41, 5.74) is 2.81. The van der Waals surface area contributed by atoms with Gasteiger partial charge in [0.05, 0.1) is 0 Å². The minimum Gasteiger partial charge on any atom is -0.425 e. The van der Waals surface area contributed by atoms with Gasteiger partial charge in [0.25, 0.3) is 0 Å². The third kappa shape index (κ3) is 2.27. The average molecular weight is 263 g/mol. The average Bonchev–Trinajstić information content (AvgIpc) is 3.02. The maximum atomic E-state index is 5.72. The van der Waals surface area contributed by atoms with Crippen LogP contribution in [0.5, 0.6) is 0 Å². The van der Waals surface area contributed by atoms with Gasteiger partial charge in [-0.15, -0.1) is 21.8 Å². The van der Waals surface area contributed by atoms with Gasteiger partial charge in [-0.1, -0.05) is 24.3 Å². The minimum atomic E-state index is 0.347. The molecule has 18 heavy (non-hydrogen) atoms. The van der Waals surface area contributed by atoms with Gasteiger partial charge in [-0.25, -0.2) is 0 Å². The lowest BCUT2D eigenvalue weighted by Crippen LogP contribution is -1.97. The van der Waals surface area contributed by atoms with Crippen LogP contribution in [0.3, 0.4) is 0 Å². The Morgan fingerprint density at radius 3 is 2.56 bits per heavy atom. The Bertz CT molecular complexity index is 513. The number of halogens is 1. The largest absolute Gasteiger partial charge is 0.425 e. The van der Waals surface area contributed by atoms with Crippen LogP contribution in [0.1, 0.15) is 35.2 Å². The van der Waals surface area contributed by atoms with Crippen molar-refractivity contribution in [3.05, 3.63) is 47.2 Å². The summed E-state index contributed by atoms with van der Waals surface area (Å²) < 4.78 is 5.72. The van der Waals surface area contributed by atoms with Crippen LogP contribution in [0.2, 0.25) is 0 Å². The molecule has 0 radical (unpaired) electrons. The summed E-state index contributed by atoms with van der Waals surface area (Å²) in [4.78, 5) is 0. The van der Waals surface area contributed by atoms with Crippen LogP contribution in [0.25, 0.3) is 0 Å². The molecular weight excluding hydrogens is 248 g/mol. The Morgan fingerprint density at radius 2 is 1.89 bits per heavy atom. The van der Waals surface area contributed by atoms with Crippen LogP contribution < -0.4 is 0 Å². The van der Waals surface area contributed by atoms with Gasteiger partial charge in [0.2, 0.25) is 11.8 Å². The number of hydrogen-bond acceptors (Lipinski definition) is 3. The molecule has 4 heteroatoms. The normalized spacial score (nSPS) is 14.9. The highest BCUT2D eigenvalue weighted by molar-refractivity contribution is 6.17. The number of benzene rings is 1. The summed E-state index contributed by atoms with van der Waals surface area (Å²) in [6.45, 7) is 0. The molecule has 1 aromatic heterocycles. The highest BCUT2D eigenvalue weighted by atomic mass is 35.5. The molecule has 0 saturated carbocycles. The monoisotopic (exact) mass is 262 g/mol. The van der Waals surface area contributed by atoms with Crippen LogP contribution in [0.15, 0.2) is 28.7 Å². The highest BCUT2D eigenvalue weighted by Crippen LogP contribution is 2.33. The predicted molar refractivity (Wildman–Crippen MR) is 69.9 cm³/mol. The fourth-order valence-corrected chi connectivity index (χ4v) is 2.62. The van der Waals surface area contributed by atoms with Gasteiger partial charge in [0.1, 0.15) is 0 Å². The zero-order valence-electron chi connectivity index (χ0n) is 10.1. The third-order valence-corrected chi connectivity index (χ3v) is 3.67. The summed E-state index contributed by atoms with van der Waals surface area (Å²) >= 11 is 5.66. The number of hydrogen-bond donors (Lipinski definition) is 0. The molecule has 0 spiro atoms. The van der Waals surface area contributed by atoms with E-state index in [1.165, 1.54) is 11.1 Å². The lowest BCUT2D eigenvalue weighted by atomic mass is 10.1. The highest BCUT2D eigenvalue weighted by Gasteiger charge is 2.26. The van der Waals surface area contributed by atoms with Crippen molar-refractivity contribution in [2.24, 2.45) is 0 Å². The van der Waals surface area contributed by atoms with Gasteiger partial charge in [0, 0.05) is 18.2 Å². The molecule has 0 aliphatic heterocycles. The second kappa shape index (κ2) is 5.11. The van der Waals surface area contributed by atoms with Crippen molar-refractivity contribution in [2.45, 2.75) is 31.6 Å². The first-order valence-electron chi connectivity index (χ1n) is 6.32. The van der Waals surface area contributed by atoms with Crippen LogP contribution in [0, 0.1) is 0 Å². The fourth-order valence-electron chi connectivity index (χ4n) is 2.48. The first kappa shape index (κ1) is 11.7. The van der Waals surface area contributed by atoms with Crippen LogP contribution >= 0.6 is 11.6 Å². The van der Waals surface area contributed by atoms with E-state index in [0.29, 0.717) is 17.7 Å². The fraction of sp³-hybridized carbons (Fsp3) is 0.429. The summed E-state index contributed by atoms with van der Waals surface area (Å²) in [6.07, 6.45) is 3.67. The molecule has 3 nitrogen and oxygen atoms in total. The zero-order chi connectivity index (χ0) is 12.4. The second-order valence-electron chi connectivity index (χ2n) is 4.70. The summed E-state index contributed by atoms with van der Waals surface area (Å²) in [5.74, 6) is 2.46. The number of nitrogens with zero attached hydrogens (tertiary/aromatic N) is 2. The van der Waals surface area contributed by atoms with E-state index >= 15 is 0 Å². The summed E-state index contributed by atoms with van der Waals surface area (Å²) in [6, 6.07) is 8.53. The first-order valence-corrected chi connectivity index (χ1v) is 6.85. The van der Waals surface area contributed by atoms with E-state index in [2.05, 4.69) is 34.5 Å². The lowest BCUT2D eigenvalue weighted by Gasteiger charge is -2.01. The van der Waals surface area contributed by atoms with Crippen LogP contribution in [0.4, 0.5) is 0 Å². The molecule has 1 aliphatic carbocycles. The van der Waals surface area contributed by atoms with E-state index in [-0.39, 0.29) is 0 Å². The molecule has 0 atom stereocenters. The quantitative estimate of drug-likeness (QED) is 0.795. The lowest BCUT2D eigenvalue weighted by molar-refractivity contribution is 0.417. The maximum absolute atomic E-state index is 5.72. The van der Waals surface area contributed by atoms with Gasteiger partial charge in [-0.3, -0.25) is 0 Å². The Hall–Kier alpha value is -1.35. The molecule has 0 amide bonds. The van der Waals surface area contributed by atoms with Gasteiger partial charge in [-0.05, 0) is 30.4 Å². The zero-order valence-corrected chi connectivity index (χ0v) is 10.9. The Labute approximate surface area is 111 Å².